The molecule has 2 aromatic rings. The Kier molecular flexibility index (Phi) is 3.97. The predicted molar refractivity (Wildman–Crippen MR) is 85.5 cm³/mol. The number of carbonyl (C=O) groups is 2. The number of hydrogen-bond acceptors (Lipinski definition) is 4. The number of aryl methyl sites for hydroxylation is 1. The van der Waals surface area contributed by atoms with E-state index in [1.165, 1.54) is 7.11 Å². The van der Waals surface area contributed by atoms with E-state index in [-0.39, 0.29) is 11.8 Å². The molecule has 1 aromatic heterocycles. The number of imide groups is 1. The van der Waals surface area contributed by atoms with Crippen molar-refractivity contribution in [1.82, 2.24) is 10.3 Å². The molecule has 1 aliphatic heterocycles. The van der Waals surface area contributed by atoms with Gasteiger partial charge in [-0.1, -0.05) is 29.8 Å². The fourth-order valence-corrected chi connectivity index (χ4v) is 2.57. The fraction of sp³-hybridized carbons (Fsp3) is 0.235. The van der Waals surface area contributed by atoms with Crippen LogP contribution in [0.15, 0.2) is 42.6 Å². The van der Waals surface area contributed by atoms with Crippen molar-refractivity contribution in [2.75, 3.05) is 12.0 Å². The van der Waals surface area contributed by atoms with E-state index in [0.717, 1.165) is 16.0 Å². The molecule has 0 spiro atoms. The summed E-state index contributed by atoms with van der Waals surface area (Å²) in [7, 11) is 1.45. The van der Waals surface area contributed by atoms with Crippen molar-refractivity contribution in [3.8, 4) is 5.88 Å². The molecular weight excluding hydrogens is 294 g/mol. The molecule has 3 rings (SSSR count). The van der Waals surface area contributed by atoms with E-state index in [1.807, 2.05) is 31.2 Å². The largest absolute Gasteiger partial charge is 0.479 e. The zero-order chi connectivity index (χ0) is 16.4. The summed E-state index contributed by atoms with van der Waals surface area (Å²) in [5, 5.41) is 2.72. The second kappa shape index (κ2) is 6.08. The van der Waals surface area contributed by atoms with Gasteiger partial charge in [-0.05, 0) is 24.6 Å². The van der Waals surface area contributed by atoms with Crippen LogP contribution in [0.3, 0.4) is 0 Å². The number of carbonyl (C=O) groups excluding carboxylic acids is 2. The molecule has 1 fully saturated rings. The van der Waals surface area contributed by atoms with Crippen molar-refractivity contribution in [3.05, 3.63) is 53.7 Å². The molecule has 23 heavy (non-hydrogen) atoms. The van der Waals surface area contributed by atoms with Gasteiger partial charge in [0.1, 0.15) is 11.7 Å². The van der Waals surface area contributed by atoms with Crippen LogP contribution in [0.2, 0.25) is 0 Å². The lowest BCUT2D eigenvalue weighted by atomic mass is 10.0. The summed E-state index contributed by atoms with van der Waals surface area (Å²) in [6.45, 7) is 2.00. The number of anilines is 1. The van der Waals surface area contributed by atoms with Crippen LogP contribution in [0.1, 0.15) is 11.1 Å². The summed E-state index contributed by atoms with van der Waals surface area (Å²) in [6.07, 6.45) is 1.99. The zero-order valence-electron chi connectivity index (χ0n) is 12.9. The molecule has 1 atom stereocenters. The van der Waals surface area contributed by atoms with Crippen molar-refractivity contribution in [2.45, 2.75) is 19.4 Å². The van der Waals surface area contributed by atoms with Crippen LogP contribution in [0.25, 0.3) is 0 Å². The summed E-state index contributed by atoms with van der Waals surface area (Å²) >= 11 is 0. The molecule has 2 heterocycles. The number of nitrogens with one attached hydrogen (secondary N) is 1. The molecule has 6 heteroatoms. The van der Waals surface area contributed by atoms with Crippen molar-refractivity contribution in [2.24, 2.45) is 0 Å². The molecule has 0 unspecified atom stereocenters. The Morgan fingerprint density at radius 2 is 1.96 bits per heavy atom. The third kappa shape index (κ3) is 2.88. The lowest BCUT2D eigenvalue weighted by molar-refractivity contribution is -0.118. The summed E-state index contributed by atoms with van der Waals surface area (Å²) in [6, 6.07) is 10.1. The Hall–Kier alpha value is -2.89. The molecule has 3 amide bonds. The van der Waals surface area contributed by atoms with E-state index >= 15 is 0 Å². The van der Waals surface area contributed by atoms with Gasteiger partial charge in [0.15, 0.2) is 0 Å². The van der Waals surface area contributed by atoms with Gasteiger partial charge in [0.05, 0.1) is 7.11 Å². The Morgan fingerprint density at radius 1 is 1.22 bits per heavy atom. The predicted octanol–water partition coefficient (Wildman–Crippen LogP) is 2.07. The number of methoxy groups -OCH3 is 1. The van der Waals surface area contributed by atoms with Crippen LogP contribution in [-0.4, -0.2) is 30.1 Å². The number of benzene rings is 1. The molecule has 1 aliphatic rings. The van der Waals surface area contributed by atoms with Crippen molar-refractivity contribution >= 4 is 17.6 Å². The highest BCUT2D eigenvalue weighted by atomic mass is 16.5. The minimum absolute atomic E-state index is 0.243. The monoisotopic (exact) mass is 311 g/mol. The number of rotatable bonds is 4. The maximum absolute atomic E-state index is 12.6. The van der Waals surface area contributed by atoms with Crippen LogP contribution >= 0.6 is 0 Å². The van der Waals surface area contributed by atoms with E-state index in [0.29, 0.717) is 12.1 Å². The lowest BCUT2D eigenvalue weighted by Gasteiger charge is -2.15. The number of pyridine rings is 1. The molecular formula is C17H17N3O3. The number of amides is 3. The maximum atomic E-state index is 12.6. The van der Waals surface area contributed by atoms with E-state index in [1.54, 1.807) is 18.3 Å². The SMILES string of the molecule is COc1ncccc1N1C(=O)N[C@@H](Cc2ccc(C)cc2)C1=O. The molecule has 1 N–H and O–H groups in total. The standard InChI is InChI=1S/C17H17N3O3/c1-11-5-7-12(8-6-11)10-13-16(21)20(17(22)19-13)14-4-3-9-18-15(14)23-2/h3-9,13H,10H2,1-2H3,(H,19,22)/t13-/m0/s1. The molecule has 0 aliphatic carbocycles. The van der Waals surface area contributed by atoms with Gasteiger partial charge in [-0.15, -0.1) is 0 Å². The zero-order valence-corrected chi connectivity index (χ0v) is 12.9. The smallest absolute Gasteiger partial charge is 0.329 e. The second-order valence-electron chi connectivity index (χ2n) is 5.40. The van der Waals surface area contributed by atoms with E-state index < -0.39 is 12.1 Å². The number of ether oxygens (including phenoxy) is 1. The van der Waals surface area contributed by atoms with Crippen molar-refractivity contribution in [3.63, 3.8) is 0 Å². The van der Waals surface area contributed by atoms with Gasteiger partial charge in [-0.2, -0.15) is 0 Å². The molecule has 6 nitrogen and oxygen atoms in total. The van der Waals surface area contributed by atoms with Gasteiger partial charge in [0, 0.05) is 12.6 Å². The molecule has 0 radical (unpaired) electrons. The Bertz CT molecular complexity index is 743. The summed E-state index contributed by atoms with van der Waals surface area (Å²) < 4.78 is 5.14. The highest BCUT2D eigenvalue weighted by Crippen LogP contribution is 2.28. The third-order valence-electron chi connectivity index (χ3n) is 3.77. The molecule has 118 valence electrons. The van der Waals surface area contributed by atoms with Gasteiger partial charge in [-0.25, -0.2) is 14.7 Å². The average molecular weight is 311 g/mol. The highest BCUT2D eigenvalue weighted by Gasteiger charge is 2.40. The first-order valence-corrected chi connectivity index (χ1v) is 7.29. The van der Waals surface area contributed by atoms with Gasteiger partial charge >= 0.3 is 6.03 Å². The van der Waals surface area contributed by atoms with Crippen LogP contribution < -0.4 is 15.0 Å². The van der Waals surface area contributed by atoms with Gasteiger partial charge in [0.2, 0.25) is 5.88 Å². The fourth-order valence-electron chi connectivity index (χ4n) is 2.57. The van der Waals surface area contributed by atoms with Crippen molar-refractivity contribution in [1.29, 1.82) is 0 Å². The molecule has 0 bridgehead atoms. The van der Waals surface area contributed by atoms with E-state index in [9.17, 15) is 9.59 Å². The van der Waals surface area contributed by atoms with Crippen LogP contribution in [-0.2, 0) is 11.2 Å². The number of aromatic nitrogens is 1. The van der Waals surface area contributed by atoms with Crippen LogP contribution in [0.5, 0.6) is 5.88 Å². The minimum Gasteiger partial charge on any atom is -0.479 e. The third-order valence-corrected chi connectivity index (χ3v) is 3.77. The molecule has 0 saturated carbocycles. The second-order valence-corrected chi connectivity index (χ2v) is 5.40. The lowest BCUT2D eigenvalue weighted by Crippen LogP contribution is -2.32. The van der Waals surface area contributed by atoms with E-state index in [4.69, 9.17) is 4.74 Å². The normalized spacial score (nSPS) is 17.3. The first kappa shape index (κ1) is 15.0. The topological polar surface area (TPSA) is 71.5 Å². The van der Waals surface area contributed by atoms with Gasteiger partial charge in [-0.3, -0.25) is 4.79 Å². The Balaban J connectivity index is 1.84. The summed E-state index contributed by atoms with van der Waals surface area (Å²) in [4.78, 5) is 30.0. The maximum Gasteiger partial charge on any atom is 0.329 e. The van der Waals surface area contributed by atoms with Gasteiger partial charge in [0.25, 0.3) is 5.91 Å². The van der Waals surface area contributed by atoms with Crippen LogP contribution in [0.4, 0.5) is 10.5 Å². The number of hydrogen-bond donors (Lipinski definition) is 1. The Labute approximate surface area is 134 Å². The minimum atomic E-state index is -0.588. The van der Waals surface area contributed by atoms with Crippen LogP contribution in [0, 0.1) is 6.92 Å². The summed E-state index contributed by atoms with van der Waals surface area (Å²) in [5.74, 6) is -0.0612. The Morgan fingerprint density at radius 3 is 2.65 bits per heavy atom. The summed E-state index contributed by atoms with van der Waals surface area (Å²) in [5.41, 5.74) is 2.50. The van der Waals surface area contributed by atoms with E-state index in [2.05, 4.69) is 10.3 Å². The number of urea groups is 1. The molecule has 1 aromatic carbocycles. The average Bonchev–Trinajstić information content (AvgIpc) is 2.83. The first-order chi connectivity index (χ1) is 11.1. The number of nitrogens with zero attached hydrogens (tertiary/aromatic N) is 2. The van der Waals surface area contributed by atoms with Gasteiger partial charge < -0.3 is 10.1 Å². The quantitative estimate of drug-likeness (QED) is 0.877. The first-order valence-electron chi connectivity index (χ1n) is 7.29. The molecule has 1 saturated heterocycles. The van der Waals surface area contributed by atoms with Crippen molar-refractivity contribution < 1.29 is 14.3 Å². The highest BCUT2D eigenvalue weighted by molar-refractivity contribution is 6.22.